The van der Waals surface area contributed by atoms with Gasteiger partial charge in [0.05, 0.1) is 12.9 Å². The minimum Gasteiger partial charge on any atom is -0.394 e. The van der Waals surface area contributed by atoms with Crippen LogP contribution < -0.4 is 11.1 Å². The standard InChI is InChI=1S/C15H24N6O4/c1-2-3-4-5-17-15-19-12(16)9-13(20-15)21(7-18-9)14-11(24)10(23)8(6-22)25-14/h7-8,10-11,14,22-24H,2-6H2,1H3,(H3,16,17,19,20)/t8-,10-,11-,14-/m1/s1. The van der Waals surface area contributed by atoms with Crippen molar-refractivity contribution in [1.82, 2.24) is 19.5 Å². The zero-order valence-electron chi connectivity index (χ0n) is 14.0. The number of ether oxygens (including phenoxy) is 1. The normalized spacial score (nSPS) is 26.4. The minimum atomic E-state index is -1.22. The summed E-state index contributed by atoms with van der Waals surface area (Å²) < 4.78 is 7.03. The van der Waals surface area contributed by atoms with Gasteiger partial charge in [-0.3, -0.25) is 4.57 Å². The van der Waals surface area contributed by atoms with Crippen molar-refractivity contribution >= 4 is 22.9 Å². The fraction of sp³-hybridized carbons (Fsp3) is 0.667. The number of hydrogen-bond donors (Lipinski definition) is 5. The Bertz CT molecular complexity index is 723. The average Bonchev–Trinajstić information content (AvgIpc) is 3.14. The number of nitrogens with one attached hydrogen (secondary N) is 1. The highest BCUT2D eigenvalue weighted by Crippen LogP contribution is 2.32. The smallest absolute Gasteiger partial charge is 0.226 e. The molecule has 2 aromatic rings. The van der Waals surface area contributed by atoms with E-state index in [0.29, 0.717) is 17.1 Å². The van der Waals surface area contributed by atoms with Crippen molar-refractivity contribution in [1.29, 1.82) is 0 Å². The van der Waals surface area contributed by atoms with E-state index in [1.54, 1.807) is 0 Å². The Balaban J connectivity index is 1.88. The number of aliphatic hydroxyl groups is 3. The van der Waals surface area contributed by atoms with Gasteiger partial charge >= 0.3 is 0 Å². The number of anilines is 2. The summed E-state index contributed by atoms with van der Waals surface area (Å²) in [5, 5.41) is 32.5. The third kappa shape index (κ3) is 3.38. The molecule has 0 aliphatic carbocycles. The zero-order chi connectivity index (χ0) is 18.0. The number of unbranched alkanes of at least 4 members (excludes halogenated alkanes) is 2. The van der Waals surface area contributed by atoms with Gasteiger partial charge in [0, 0.05) is 6.54 Å². The molecular weight excluding hydrogens is 328 g/mol. The van der Waals surface area contributed by atoms with Crippen molar-refractivity contribution in [2.24, 2.45) is 0 Å². The van der Waals surface area contributed by atoms with Crippen molar-refractivity contribution in [2.45, 2.75) is 50.7 Å². The highest BCUT2D eigenvalue weighted by atomic mass is 16.6. The molecule has 1 aliphatic rings. The van der Waals surface area contributed by atoms with Crippen LogP contribution >= 0.6 is 0 Å². The molecule has 10 heteroatoms. The second-order valence-corrected chi connectivity index (χ2v) is 6.12. The van der Waals surface area contributed by atoms with Crippen LogP contribution in [0.4, 0.5) is 11.8 Å². The first kappa shape index (κ1) is 17.8. The molecule has 0 radical (unpaired) electrons. The van der Waals surface area contributed by atoms with Gasteiger partial charge < -0.3 is 31.1 Å². The summed E-state index contributed by atoms with van der Waals surface area (Å²) in [6.07, 6.45) is 0.433. The number of hydrogen-bond acceptors (Lipinski definition) is 9. The van der Waals surface area contributed by atoms with Crippen LogP contribution in [0.15, 0.2) is 6.33 Å². The third-order valence-corrected chi connectivity index (χ3v) is 4.30. The van der Waals surface area contributed by atoms with Gasteiger partial charge in [0.2, 0.25) is 5.95 Å². The van der Waals surface area contributed by atoms with Crippen LogP contribution in [-0.2, 0) is 4.74 Å². The minimum absolute atomic E-state index is 0.216. The van der Waals surface area contributed by atoms with Crippen molar-refractivity contribution < 1.29 is 20.1 Å². The highest BCUT2D eigenvalue weighted by Gasteiger charge is 2.44. The average molecular weight is 352 g/mol. The van der Waals surface area contributed by atoms with Crippen LogP contribution in [0, 0.1) is 0 Å². The maximum atomic E-state index is 10.2. The topological polar surface area (TPSA) is 152 Å². The van der Waals surface area contributed by atoms with E-state index in [1.165, 1.54) is 10.9 Å². The van der Waals surface area contributed by atoms with E-state index in [-0.39, 0.29) is 5.82 Å². The van der Waals surface area contributed by atoms with Gasteiger partial charge in [-0.25, -0.2) is 4.98 Å². The van der Waals surface area contributed by atoms with Crippen LogP contribution in [0.2, 0.25) is 0 Å². The Morgan fingerprint density at radius 2 is 2.08 bits per heavy atom. The van der Waals surface area contributed by atoms with E-state index in [9.17, 15) is 15.3 Å². The molecule has 0 unspecified atom stereocenters. The predicted molar refractivity (Wildman–Crippen MR) is 90.8 cm³/mol. The van der Waals surface area contributed by atoms with E-state index < -0.39 is 31.1 Å². The Labute approximate surface area is 144 Å². The summed E-state index contributed by atoms with van der Waals surface area (Å²) in [6, 6.07) is 0. The first-order valence-corrected chi connectivity index (χ1v) is 8.43. The number of fused-ring (bicyclic) bond motifs is 1. The summed E-state index contributed by atoms with van der Waals surface area (Å²) >= 11 is 0. The van der Waals surface area contributed by atoms with Gasteiger partial charge in [-0.05, 0) is 6.42 Å². The van der Waals surface area contributed by atoms with E-state index in [4.69, 9.17) is 10.5 Å². The van der Waals surface area contributed by atoms with Gasteiger partial charge in [-0.2, -0.15) is 9.97 Å². The first-order chi connectivity index (χ1) is 12.1. The lowest BCUT2D eigenvalue weighted by Gasteiger charge is -2.16. The summed E-state index contributed by atoms with van der Waals surface area (Å²) in [4.78, 5) is 12.8. The molecule has 0 aromatic carbocycles. The molecule has 0 saturated carbocycles. The SMILES string of the molecule is CCCCCNc1nc(N)c2ncn([C@@H]3O[C@H](CO)[C@@H](O)[C@H]3O)c2n1. The molecule has 2 aromatic heterocycles. The lowest BCUT2D eigenvalue weighted by molar-refractivity contribution is -0.0511. The summed E-state index contributed by atoms with van der Waals surface area (Å²) in [5.41, 5.74) is 6.73. The molecule has 1 saturated heterocycles. The molecule has 1 aliphatic heterocycles. The van der Waals surface area contributed by atoms with E-state index in [0.717, 1.165) is 25.8 Å². The number of nitrogen functional groups attached to an aromatic ring is 1. The molecule has 4 atom stereocenters. The second-order valence-electron chi connectivity index (χ2n) is 6.12. The lowest BCUT2D eigenvalue weighted by atomic mass is 10.1. The van der Waals surface area contributed by atoms with Crippen molar-refractivity contribution in [3.63, 3.8) is 0 Å². The van der Waals surface area contributed by atoms with Gasteiger partial charge in [0.1, 0.15) is 23.8 Å². The molecular formula is C15H24N6O4. The molecule has 3 heterocycles. The number of nitrogens with zero attached hydrogens (tertiary/aromatic N) is 4. The van der Waals surface area contributed by atoms with Gasteiger partial charge in [-0.15, -0.1) is 0 Å². The number of aromatic nitrogens is 4. The van der Waals surface area contributed by atoms with Gasteiger partial charge in [0.25, 0.3) is 0 Å². The molecule has 1 fully saturated rings. The predicted octanol–water partition coefficient (Wildman–Crippen LogP) is -0.378. The first-order valence-electron chi connectivity index (χ1n) is 8.43. The monoisotopic (exact) mass is 352 g/mol. The Kier molecular flexibility index (Phi) is 5.33. The molecule has 138 valence electrons. The van der Waals surface area contributed by atoms with Crippen molar-refractivity contribution in [3.05, 3.63) is 6.33 Å². The van der Waals surface area contributed by atoms with Crippen LogP contribution in [-0.4, -0.2) is 66.3 Å². The zero-order valence-corrected chi connectivity index (χ0v) is 14.0. The van der Waals surface area contributed by atoms with Gasteiger partial charge in [-0.1, -0.05) is 19.8 Å². The van der Waals surface area contributed by atoms with E-state index >= 15 is 0 Å². The second kappa shape index (κ2) is 7.48. The molecule has 6 N–H and O–H groups in total. The number of aliphatic hydroxyl groups excluding tert-OH is 3. The van der Waals surface area contributed by atoms with Crippen LogP contribution in [0.1, 0.15) is 32.4 Å². The summed E-state index contributed by atoms with van der Waals surface area (Å²) in [6.45, 7) is 2.45. The summed E-state index contributed by atoms with van der Waals surface area (Å²) in [7, 11) is 0. The van der Waals surface area contributed by atoms with E-state index in [2.05, 4.69) is 27.2 Å². The fourth-order valence-electron chi connectivity index (χ4n) is 2.89. The molecule has 0 spiro atoms. The Morgan fingerprint density at radius 1 is 1.28 bits per heavy atom. The molecule has 3 rings (SSSR count). The number of rotatable bonds is 7. The third-order valence-electron chi connectivity index (χ3n) is 4.30. The van der Waals surface area contributed by atoms with Crippen LogP contribution in [0.3, 0.4) is 0 Å². The Morgan fingerprint density at radius 3 is 2.76 bits per heavy atom. The molecule has 25 heavy (non-hydrogen) atoms. The quantitative estimate of drug-likeness (QED) is 0.420. The molecule has 0 bridgehead atoms. The van der Waals surface area contributed by atoms with Crippen molar-refractivity contribution in [3.8, 4) is 0 Å². The Hall–Kier alpha value is -2.01. The summed E-state index contributed by atoms with van der Waals surface area (Å²) in [5.74, 6) is 0.586. The maximum Gasteiger partial charge on any atom is 0.226 e. The van der Waals surface area contributed by atoms with Crippen LogP contribution in [0.25, 0.3) is 11.2 Å². The number of nitrogens with two attached hydrogens (primary N) is 1. The molecule has 0 amide bonds. The highest BCUT2D eigenvalue weighted by molar-refractivity contribution is 5.82. The number of imidazole rings is 1. The van der Waals surface area contributed by atoms with Crippen LogP contribution in [0.5, 0.6) is 0 Å². The van der Waals surface area contributed by atoms with Crippen molar-refractivity contribution in [2.75, 3.05) is 24.2 Å². The largest absolute Gasteiger partial charge is 0.394 e. The maximum absolute atomic E-state index is 10.2. The van der Waals surface area contributed by atoms with E-state index in [1.807, 2.05) is 0 Å². The molecule has 10 nitrogen and oxygen atoms in total. The van der Waals surface area contributed by atoms with Gasteiger partial charge in [0.15, 0.2) is 17.7 Å². The lowest BCUT2D eigenvalue weighted by Crippen LogP contribution is -2.33. The fourth-order valence-corrected chi connectivity index (χ4v) is 2.89.